The Morgan fingerprint density at radius 2 is 1.81 bits per heavy atom. The van der Waals surface area contributed by atoms with Gasteiger partial charge in [0.15, 0.2) is 0 Å². The van der Waals surface area contributed by atoms with Crippen LogP contribution in [0.3, 0.4) is 0 Å². The van der Waals surface area contributed by atoms with E-state index in [2.05, 4.69) is 29.1 Å². The van der Waals surface area contributed by atoms with E-state index in [-0.39, 0.29) is 5.78 Å². The predicted octanol–water partition coefficient (Wildman–Crippen LogP) is 2.89. The van der Waals surface area contributed by atoms with Gasteiger partial charge >= 0.3 is 5.97 Å². The van der Waals surface area contributed by atoms with Crippen molar-refractivity contribution in [2.24, 2.45) is 5.92 Å². The molecule has 1 unspecified atom stereocenters. The van der Waals surface area contributed by atoms with Gasteiger partial charge in [0.2, 0.25) is 0 Å². The zero-order chi connectivity index (χ0) is 15.7. The van der Waals surface area contributed by atoms with Crippen molar-refractivity contribution in [3.8, 4) is 0 Å². The second-order valence-corrected chi connectivity index (χ2v) is 5.25. The first-order valence-corrected chi connectivity index (χ1v) is 7.45. The molecule has 4 nitrogen and oxygen atoms in total. The lowest BCUT2D eigenvalue weighted by atomic mass is 10.0. The number of esters is 1. The largest absolute Gasteiger partial charge is 0.468 e. The third kappa shape index (κ3) is 6.08. The molecule has 0 spiro atoms. The molecule has 1 aromatic carbocycles. The van der Waals surface area contributed by atoms with E-state index in [1.54, 1.807) is 6.92 Å². The van der Waals surface area contributed by atoms with Crippen LogP contribution in [0.4, 0.5) is 0 Å². The van der Waals surface area contributed by atoms with Gasteiger partial charge in [-0.25, -0.2) is 0 Å². The fraction of sp³-hybridized carbons (Fsp3) is 0.529. The Kier molecular flexibility index (Phi) is 7.69. The lowest BCUT2D eigenvalue weighted by molar-refractivity contribution is -0.148. The summed E-state index contributed by atoms with van der Waals surface area (Å²) in [5, 5.41) is 3.43. The number of carbonyl (C=O) groups excluding carboxylic acids is 2. The molecule has 0 aromatic heterocycles. The fourth-order valence-corrected chi connectivity index (χ4v) is 2.13. The predicted molar refractivity (Wildman–Crippen MR) is 82.9 cm³/mol. The van der Waals surface area contributed by atoms with Crippen LogP contribution < -0.4 is 5.32 Å². The van der Waals surface area contributed by atoms with Crippen molar-refractivity contribution in [2.75, 3.05) is 13.7 Å². The average Bonchev–Trinajstić information content (AvgIpc) is 2.53. The summed E-state index contributed by atoms with van der Waals surface area (Å²) in [5.41, 5.74) is 1.26. The van der Waals surface area contributed by atoms with E-state index in [4.69, 9.17) is 0 Å². The van der Waals surface area contributed by atoms with Gasteiger partial charge in [-0.1, -0.05) is 30.3 Å². The number of benzene rings is 1. The van der Waals surface area contributed by atoms with Crippen LogP contribution in [0.2, 0.25) is 0 Å². The van der Waals surface area contributed by atoms with Gasteiger partial charge in [-0.05, 0) is 38.8 Å². The highest BCUT2D eigenvalue weighted by Crippen LogP contribution is 2.11. The van der Waals surface area contributed by atoms with Crippen molar-refractivity contribution in [2.45, 2.75) is 39.2 Å². The summed E-state index contributed by atoms with van der Waals surface area (Å²) < 4.78 is 4.57. The fourth-order valence-electron chi connectivity index (χ4n) is 2.13. The highest BCUT2D eigenvalue weighted by atomic mass is 16.5. The van der Waals surface area contributed by atoms with Gasteiger partial charge in [-0.15, -0.1) is 0 Å². The third-order valence-corrected chi connectivity index (χ3v) is 3.64. The standard InChI is InChI=1S/C17H25NO3/c1-13(17(20)21-3)16(19)11-7-8-12-18-14(2)15-9-5-4-6-10-15/h4-6,9-10,13-14,18H,7-8,11-12H2,1-3H3/t13?,14-/m0/s1. The number of nitrogens with one attached hydrogen (secondary N) is 1. The molecule has 4 heteroatoms. The number of ketones is 1. The molecule has 1 rings (SSSR count). The maximum Gasteiger partial charge on any atom is 0.315 e. The minimum Gasteiger partial charge on any atom is -0.468 e. The van der Waals surface area contributed by atoms with Gasteiger partial charge in [-0.3, -0.25) is 9.59 Å². The molecule has 0 bridgehead atoms. The van der Waals surface area contributed by atoms with Crippen LogP contribution in [0.25, 0.3) is 0 Å². The molecule has 1 aromatic rings. The smallest absolute Gasteiger partial charge is 0.315 e. The number of hydrogen-bond acceptors (Lipinski definition) is 4. The van der Waals surface area contributed by atoms with E-state index in [0.717, 1.165) is 19.4 Å². The molecular weight excluding hydrogens is 266 g/mol. The lowest BCUT2D eigenvalue weighted by Crippen LogP contribution is -2.23. The highest BCUT2D eigenvalue weighted by molar-refractivity contribution is 5.98. The molecule has 21 heavy (non-hydrogen) atoms. The quantitative estimate of drug-likeness (QED) is 0.432. The molecule has 0 saturated carbocycles. The summed E-state index contributed by atoms with van der Waals surface area (Å²) in [7, 11) is 1.31. The Labute approximate surface area is 126 Å². The van der Waals surface area contributed by atoms with Crippen LogP contribution in [-0.4, -0.2) is 25.4 Å². The van der Waals surface area contributed by atoms with E-state index < -0.39 is 11.9 Å². The van der Waals surface area contributed by atoms with E-state index in [1.807, 2.05) is 18.2 Å². The van der Waals surface area contributed by atoms with E-state index in [1.165, 1.54) is 12.7 Å². The first kappa shape index (κ1) is 17.4. The van der Waals surface area contributed by atoms with Gasteiger partial charge in [0.1, 0.15) is 11.7 Å². The van der Waals surface area contributed by atoms with Crippen LogP contribution in [0.15, 0.2) is 30.3 Å². The van der Waals surface area contributed by atoms with Gasteiger partial charge in [0.05, 0.1) is 7.11 Å². The molecule has 0 aliphatic heterocycles. The minimum atomic E-state index is -0.647. The van der Waals surface area contributed by atoms with Crippen molar-refractivity contribution >= 4 is 11.8 Å². The molecule has 0 fully saturated rings. The number of rotatable bonds is 9. The number of unbranched alkanes of at least 4 members (excludes halogenated alkanes) is 1. The van der Waals surface area contributed by atoms with Crippen LogP contribution in [0.1, 0.15) is 44.7 Å². The average molecular weight is 291 g/mol. The zero-order valence-electron chi connectivity index (χ0n) is 13.1. The molecule has 0 aliphatic rings. The second kappa shape index (κ2) is 9.29. The van der Waals surface area contributed by atoms with Crippen molar-refractivity contribution in [1.29, 1.82) is 0 Å². The summed E-state index contributed by atoms with van der Waals surface area (Å²) in [5.74, 6) is -1.14. The Morgan fingerprint density at radius 1 is 1.14 bits per heavy atom. The van der Waals surface area contributed by atoms with Crippen molar-refractivity contribution in [3.63, 3.8) is 0 Å². The normalized spacial score (nSPS) is 13.5. The Hall–Kier alpha value is -1.68. The van der Waals surface area contributed by atoms with Crippen molar-refractivity contribution < 1.29 is 14.3 Å². The van der Waals surface area contributed by atoms with Crippen LogP contribution in [0, 0.1) is 5.92 Å². The van der Waals surface area contributed by atoms with Gasteiger partial charge in [0, 0.05) is 12.5 Å². The molecule has 1 N–H and O–H groups in total. The number of carbonyl (C=O) groups is 2. The second-order valence-electron chi connectivity index (χ2n) is 5.25. The van der Waals surface area contributed by atoms with Crippen LogP contribution in [0.5, 0.6) is 0 Å². The summed E-state index contributed by atoms with van der Waals surface area (Å²) in [4.78, 5) is 23.0. The molecule has 0 aliphatic carbocycles. The molecule has 2 atom stereocenters. The number of hydrogen-bond donors (Lipinski definition) is 1. The first-order valence-electron chi connectivity index (χ1n) is 7.45. The van der Waals surface area contributed by atoms with Crippen molar-refractivity contribution in [3.05, 3.63) is 35.9 Å². The number of Topliss-reactive ketones (excluding diaryl/α,β-unsaturated/α-hetero) is 1. The third-order valence-electron chi connectivity index (χ3n) is 3.64. The minimum absolute atomic E-state index is 0.0436. The maximum absolute atomic E-state index is 11.7. The Balaban J connectivity index is 2.17. The van der Waals surface area contributed by atoms with Crippen LogP contribution >= 0.6 is 0 Å². The highest BCUT2D eigenvalue weighted by Gasteiger charge is 2.21. The van der Waals surface area contributed by atoms with Crippen LogP contribution in [-0.2, 0) is 14.3 Å². The summed E-state index contributed by atoms with van der Waals surface area (Å²) in [6.45, 7) is 4.58. The summed E-state index contributed by atoms with van der Waals surface area (Å²) in [6, 6.07) is 10.6. The van der Waals surface area contributed by atoms with E-state index in [9.17, 15) is 9.59 Å². The SMILES string of the molecule is COC(=O)C(C)C(=O)CCCCN[C@@H](C)c1ccccc1. The molecule has 0 radical (unpaired) electrons. The summed E-state index contributed by atoms with van der Waals surface area (Å²) in [6.07, 6.45) is 2.13. The van der Waals surface area contributed by atoms with Gasteiger partial charge in [-0.2, -0.15) is 0 Å². The molecule has 0 saturated heterocycles. The molecular formula is C17H25NO3. The molecule has 0 amide bonds. The van der Waals surface area contributed by atoms with Gasteiger partial charge in [0.25, 0.3) is 0 Å². The lowest BCUT2D eigenvalue weighted by Gasteiger charge is -2.14. The number of methoxy groups -OCH3 is 1. The molecule has 0 heterocycles. The zero-order valence-corrected chi connectivity index (χ0v) is 13.1. The van der Waals surface area contributed by atoms with Crippen molar-refractivity contribution in [1.82, 2.24) is 5.32 Å². The Bertz CT molecular complexity index is 445. The first-order chi connectivity index (χ1) is 10.1. The topological polar surface area (TPSA) is 55.4 Å². The van der Waals surface area contributed by atoms with E-state index in [0.29, 0.717) is 12.5 Å². The number of ether oxygens (including phenoxy) is 1. The Morgan fingerprint density at radius 3 is 2.43 bits per heavy atom. The molecule has 116 valence electrons. The monoisotopic (exact) mass is 291 g/mol. The van der Waals surface area contributed by atoms with Gasteiger partial charge < -0.3 is 10.1 Å². The summed E-state index contributed by atoms with van der Waals surface area (Å²) >= 11 is 0. The maximum atomic E-state index is 11.7. The van der Waals surface area contributed by atoms with E-state index >= 15 is 0 Å².